The molecule has 3 rings (SSSR count). The Balaban J connectivity index is 1.66. The van der Waals surface area contributed by atoms with Crippen LogP contribution in [-0.4, -0.2) is 39.7 Å². The van der Waals surface area contributed by atoms with Crippen LogP contribution in [0, 0.1) is 0 Å². The number of nitrogens with one attached hydrogen (secondary N) is 1. The van der Waals surface area contributed by atoms with Gasteiger partial charge in [-0.15, -0.1) is 0 Å². The molecule has 2 heterocycles. The van der Waals surface area contributed by atoms with Gasteiger partial charge in [-0.2, -0.15) is 0 Å². The minimum Gasteiger partial charge on any atom is -0.378 e. The predicted octanol–water partition coefficient (Wildman–Crippen LogP) is 2.81. The second-order valence-corrected chi connectivity index (χ2v) is 8.58. The molecule has 1 saturated heterocycles. The van der Waals surface area contributed by atoms with Crippen molar-refractivity contribution >= 4 is 43.4 Å². The zero-order valence-corrected chi connectivity index (χ0v) is 16.4. The molecule has 1 aliphatic rings. The fraction of sp³-hybridized carbons (Fsp3) is 0.312. The zero-order chi connectivity index (χ0) is 17.9. The number of pyridine rings is 1. The normalized spacial score (nSPS) is 15.4. The monoisotopic (exact) mass is 445 g/mol. The van der Waals surface area contributed by atoms with Crippen LogP contribution in [0.15, 0.2) is 45.9 Å². The van der Waals surface area contributed by atoms with Crippen molar-refractivity contribution in [2.45, 2.75) is 11.4 Å². The number of halogens is 2. The number of sulfonamides is 1. The largest absolute Gasteiger partial charge is 0.378 e. The Hall–Kier alpha value is -1.19. The van der Waals surface area contributed by atoms with Gasteiger partial charge in [-0.1, -0.05) is 33.6 Å². The molecule has 1 N–H and O–H groups in total. The van der Waals surface area contributed by atoms with Crippen molar-refractivity contribution in [1.29, 1.82) is 0 Å². The summed E-state index contributed by atoms with van der Waals surface area (Å²) >= 11 is 9.28. The van der Waals surface area contributed by atoms with Gasteiger partial charge in [0.2, 0.25) is 10.0 Å². The average Bonchev–Trinajstić information content (AvgIpc) is 2.61. The van der Waals surface area contributed by atoms with Gasteiger partial charge in [-0.3, -0.25) is 0 Å². The van der Waals surface area contributed by atoms with Crippen molar-refractivity contribution in [1.82, 2.24) is 9.71 Å². The third-order valence-corrected chi connectivity index (χ3v) is 6.17. The number of benzene rings is 1. The topological polar surface area (TPSA) is 71.5 Å². The average molecular weight is 447 g/mol. The maximum atomic E-state index is 12.4. The molecule has 1 aromatic carbocycles. The third-order valence-electron chi connectivity index (χ3n) is 3.79. The van der Waals surface area contributed by atoms with E-state index in [4.69, 9.17) is 16.3 Å². The van der Waals surface area contributed by atoms with Gasteiger partial charge in [-0.25, -0.2) is 18.1 Å². The van der Waals surface area contributed by atoms with E-state index in [1.165, 1.54) is 6.07 Å². The van der Waals surface area contributed by atoms with E-state index in [0.29, 0.717) is 13.2 Å². The first kappa shape index (κ1) is 18.6. The van der Waals surface area contributed by atoms with Gasteiger partial charge in [0.25, 0.3) is 0 Å². The van der Waals surface area contributed by atoms with Gasteiger partial charge in [0.05, 0.1) is 18.2 Å². The summed E-state index contributed by atoms with van der Waals surface area (Å²) in [4.78, 5) is 6.60. The van der Waals surface area contributed by atoms with Gasteiger partial charge in [0, 0.05) is 30.3 Å². The van der Waals surface area contributed by atoms with Crippen LogP contribution in [-0.2, 0) is 21.3 Å². The fourth-order valence-corrected chi connectivity index (χ4v) is 4.50. The molecule has 0 saturated carbocycles. The number of hydrogen-bond donors (Lipinski definition) is 1. The highest BCUT2D eigenvalue weighted by molar-refractivity contribution is 9.10. The zero-order valence-electron chi connectivity index (χ0n) is 13.3. The molecule has 1 fully saturated rings. The number of aromatic nitrogens is 1. The van der Waals surface area contributed by atoms with Gasteiger partial charge in [0.1, 0.15) is 10.7 Å². The standard InChI is InChI=1S/C16H17BrClN3O3S/c17-13-2-3-15(14(18)9-13)25(22,23)20-11-12-1-4-16(19-10-12)21-5-7-24-8-6-21/h1-4,9-10,20H,5-8,11H2. The molecule has 134 valence electrons. The molecule has 6 nitrogen and oxygen atoms in total. The van der Waals surface area contributed by atoms with Gasteiger partial charge in [0.15, 0.2) is 0 Å². The summed E-state index contributed by atoms with van der Waals surface area (Å²) in [6.07, 6.45) is 1.68. The van der Waals surface area contributed by atoms with E-state index in [1.54, 1.807) is 18.3 Å². The number of rotatable bonds is 5. The smallest absolute Gasteiger partial charge is 0.242 e. The highest BCUT2D eigenvalue weighted by Crippen LogP contribution is 2.25. The van der Waals surface area contributed by atoms with Crippen LogP contribution in [0.2, 0.25) is 5.02 Å². The van der Waals surface area contributed by atoms with E-state index in [2.05, 4.69) is 30.5 Å². The highest BCUT2D eigenvalue weighted by Gasteiger charge is 2.18. The van der Waals surface area contributed by atoms with Gasteiger partial charge < -0.3 is 9.64 Å². The Kier molecular flexibility index (Phi) is 5.96. The summed E-state index contributed by atoms with van der Waals surface area (Å²) in [5.74, 6) is 0.867. The molecule has 1 aliphatic heterocycles. The second-order valence-electron chi connectivity index (χ2n) is 5.52. The minimum absolute atomic E-state index is 0.0512. The summed E-state index contributed by atoms with van der Waals surface area (Å²) in [6.45, 7) is 3.14. The Morgan fingerprint density at radius 3 is 2.64 bits per heavy atom. The maximum absolute atomic E-state index is 12.4. The van der Waals surface area contributed by atoms with E-state index >= 15 is 0 Å². The summed E-state index contributed by atoms with van der Waals surface area (Å²) in [7, 11) is -3.69. The quantitative estimate of drug-likeness (QED) is 0.765. The van der Waals surface area contributed by atoms with Crippen LogP contribution in [0.4, 0.5) is 5.82 Å². The van der Waals surface area contributed by atoms with Crippen molar-refractivity contribution in [2.24, 2.45) is 0 Å². The number of hydrogen-bond acceptors (Lipinski definition) is 5. The lowest BCUT2D eigenvalue weighted by Gasteiger charge is -2.27. The molecule has 0 amide bonds. The van der Waals surface area contributed by atoms with Crippen LogP contribution in [0.1, 0.15) is 5.56 Å². The molecule has 0 bridgehead atoms. The molecule has 9 heteroatoms. The Morgan fingerprint density at radius 2 is 2.00 bits per heavy atom. The molecule has 0 atom stereocenters. The lowest BCUT2D eigenvalue weighted by Crippen LogP contribution is -2.36. The maximum Gasteiger partial charge on any atom is 0.242 e. The van der Waals surface area contributed by atoms with Crippen molar-refractivity contribution < 1.29 is 13.2 Å². The summed E-state index contributed by atoms with van der Waals surface area (Å²) in [6, 6.07) is 8.41. The third kappa shape index (κ3) is 4.71. The number of nitrogens with zero attached hydrogens (tertiary/aromatic N) is 2. The molecule has 0 radical (unpaired) electrons. The van der Waals surface area contributed by atoms with Crippen LogP contribution >= 0.6 is 27.5 Å². The lowest BCUT2D eigenvalue weighted by molar-refractivity contribution is 0.122. The number of ether oxygens (including phenoxy) is 1. The molecular weight excluding hydrogens is 430 g/mol. The van der Waals surface area contributed by atoms with Crippen molar-refractivity contribution in [2.75, 3.05) is 31.2 Å². The fourth-order valence-electron chi connectivity index (χ4n) is 2.45. The SMILES string of the molecule is O=S(=O)(NCc1ccc(N2CCOCC2)nc1)c1ccc(Br)cc1Cl. The second kappa shape index (κ2) is 8.01. The Labute approximate surface area is 160 Å². The van der Waals surface area contributed by atoms with E-state index in [0.717, 1.165) is 28.9 Å². The molecule has 0 unspecified atom stereocenters. The molecule has 25 heavy (non-hydrogen) atoms. The lowest BCUT2D eigenvalue weighted by atomic mass is 10.3. The van der Waals surface area contributed by atoms with Crippen molar-refractivity contribution in [3.8, 4) is 0 Å². The first-order valence-corrected chi connectivity index (χ1v) is 10.3. The molecule has 0 spiro atoms. The predicted molar refractivity (Wildman–Crippen MR) is 100 cm³/mol. The molecule has 1 aromatic heterocycles. The van der Waals surface area contributed by atoms with Crippen molar-refractivity contribution in [3.63, 3.8) is 0 Å². The number of anilines is 1. The van der Waals surface area contributed by atoms with Gasteiger partial charge in [-0.05, 0) is 29.8 Å². The van der Waals surface area contributed by atoms with Crippen LogP contribution in [0.25, 0.3) is 0 Å². The van der Waals surface area contributed by atoms with E-state index in [-0.39, 0.29) is 16.5 Å². The van der Waals surface area contributed by atoms with E-state index < -0.39 is 10.0 Å². The van der Waals surface area contributed by atoms with Crippen LogP contribution in [0.3, 0.4) is 0 Å². The highest BCUT2D eigenvalue weighted by atomic mass is 79.9. The van der Waals surface area contributed by atoms with E-state index in [9.17, 15) is 8.42 Å². The molecular formula is C16H17BrClN3O3S. The first-order chi connectivity index (χ1) is 12.0. The Morgan fingerprint density at radius 1 is 1.24 bits per heavy atom. The minimum atomic E-state index is -3.69. The Bertz CT molecular complexity index is 840. The number of morpholine rings is 1. The molecule has 0 aliphatic carbocycles. The summed E-state index contributed by atoms with van der Waals surface area (Å²) < 4.78 is 33.4. The first-order valence-electron chi connectivity index (χ1n) is 7.68. The van der Waals surface area contributed by atoms with Crippen LogP contribution < -0.4 is 9.62 Å². The summed E-state index contributed by atoms with van der Waals surface area (Å²) in [5.41, 5.74) is 0.772. The van der Waals surface area contributed by atoms with Gasteiger partial charge >= 0.3 is 0 Å². The van der Waals surface area contributed by atoms with Crippen LogP contribution in [0.5, 0.6) is 0 Å². The summed E-state index contributed by atoms with van der Waals surface area (Å²) in [5, 5.41) is 0.169. The van der Waals surface area contributed by atoms with Crippen molar-refractivity contribution in [3.05, 3.63) is 51.6 Å². The van der Waals surface area contributed by atoms with E-state index in [1.807, 2.05) is 12.1 Å². The molecule has 2 aromatic rings.